The highest BCUT2D eigenvalue weighted by Crippen LogP contribution is 2.45. The minimum absolute atomic E-state index is 0.0852. The number of nitrogens with one attached hydrogen (secondary N) is 1. The number of fused-ring (bicyclic) bond motifs is 1. The highest BCUT2D eigenvalue weighted by atomic mass is 79.9. The maximum atomic E-state index is 9.76. The number of aliphatic hydroxyl groups is 1. The van der Waals surface area contributed by atoms with Gasteiger partial charge in [0.05, 0.1) is 28.5 Å². The topological polar surface area (TPSA) is 62.5 Å². The molecule has 0 radical (unpaired) electrons. The van der Waals surface area contributed by atoms with Crippen molar-refractivity contribution in [2.45, 2.75) is 18.9 Å². The molecule has 0 saturated heterocycles. The van der Waals surface area contributed by atoms with E-state index in [0.29, 0.717) is 16.6 Å². The summed E-state index contributed by atoms with van der Waals surface area (Å²) in [6.45, 7) is 2.21. The fourth-order valence-corrected chi connectivity index (χ4v) is 3.59. The molecule has 124 valence electrons. The van der Waals surface area contributed by atoms with Crippen LogP contribution in [0.25, 0.3) is 16.9 Å². The molecule has 5 nitrogen and oxygen atoms in total. The second-order valence-electron chi connectivity index (χ2n) is 6.28. The molecule has 0 amide bonds. The Labute approximate surface area is 152 Å². The second kappa shape index (κ2) is 5.72. The molecule has 1 aliphatic carbocycles. The van der Waals surface area contributed by atoms with Crippen LogP contribution in [0, 0.1) is 5.92 Å². The zero-order valence-electron chi connectivity index (χ0n) is 13.0. The molecule has 1 aromatic carbocycles. The number of hydrogen-bond acceptors (Lipinski definition) is 4. The fraction of sp³-hybridized carbons (Fsp3) is 0.294. The zero-order valence-corrected chi connectivity index (χ0v) is 15.3. The van der Waals surface area contributed by atoms with Crippen LogP contribution >= 0.6 is 27.5 Å². The van der Waals surface area contributed by atoms with Crippen LogP contribution in [0.15, 0.2) is 41.0 Å². The summed E-state index contributed by atoms with van der Waals surface area (Å²) < 4.78 is 2.55. The van der Waals surface area contributed by atoms with E-state index >= 15 is 0 Å². The number of anilines is 1. The maximum Gasteiger partial charge on any atom is 0.172 e. The van der Waals surface area contributed by atoms with Crippen molar-refractivity contribution >= 4 is 39.0 Å². The van der Waals surface area contributed by atoms with E-state index in [1.54, 1.807) is 10.7 Å². The van der Waals surface area contributed by atoms with Crippen LogP contribution in [-0.2, 0) is 0 Å². The van der Waals surface area contributed by atoms with Gasteiger partial charge in [-0.25, -0.2) is 4.98 Å². The minimum atomic E-state index is -0.287. The molecular formula is C17H16BrClN4O. The molecule has 24 heavy (non-hydrogen) atoms. The summed E-state index contributed by atoms with van der Waals surface area (Å²) >= 11 is 9.83. The van der Waals surface area contributed by atoms with Crippen molar-refractivity contribution in [1.29, 1.82) is 0 Å². The number of rotatable bonds is 4. The number of nitrogens with zero attached hydrogens (tertiary/aromatic N) is 3. The first-order chi connectivity index (χ1) is 11.5. The van der Waals surface area contributed by atoms with Crippen molar-refractivity contribution in [2.24, 2.45) is 5.92 Å². The number of aromatic nitrogens is 3. The average Bonchev–Trinajstić information content (AvgIpc) is 3.06. The molecule has 1 aliphatic rings. The van der Waals surface area contributed by atoms with Crippen molar-refractivity contribution in [3.05, 3.63) is 46.0 Å². The van der Waals surface area contributed by atoms with E-state index in [-0.39, 0.29) is 12.1 Å². The molecule has 7 heteroatoms. The van der Waals surface area contributed by atoms with Gasteiger partial charge in [-0.3, -0.25) is 0 Å². The van der Waals surface area contributed by atoms with Gasteiger partial charge < -0.3 is 10.4 Å². The molecule has 2 atom stereocenters. The molecule has 1 saturated carbocycles. The summed E-state index contributed by atoms with van der Waals surface area (Å²) in [4.78, 5) is 4.69. The summed E-state index contributed by atoms with van der Waals surface area (Å²) in [5.41, 5.74) is 2.04. The number of halogens is 2. The maximum absolute atomic E-state index is 9.76. The van der Waals surface area contributed by atoms with Crippen LogP contribution < -0.4 is 5.32 Å². The molecule has 0 bridgehead atoms. The van der Waals surface area contributed by atoms with Gasteiger partial charge in [-0.05, 0) is 34.3 Å². The Kier molecular flexibility index (Phi) is 3.78. The molecule has 2 N–H and O–H groups in total. The van der Waals surface area contributed by atoms with E-state index in [4.69, 9.17) is 11.6 Å². The van der Waals surface area contributed by atoms with Gasteiger partial charge in [-0.2, -0.15) is 9.61 Å². The lowest BCUT2D eigenvalue weighted by Gasteiger charge is -2.19. The number of hydrogen-bond donors (Lipinski definition) is 2. The lowest BCUT2D eigenvalue weighted by Crippen LogP contribution is -2.29. The van der Waals surface area contributed by atoms with Crippen LogP contribution in [0.3, 0.4) is 0 Å². The Morgan fingerprint density at radius 1 is 1.46 bits per heavy atom. The summed E-state index contributed by atoms with van der Waals surface area (Å²) in [6, 6.07) is 9.54. The van der Waals surface area contributed by atoms with Crippen molar-refractivity contribution in [3.8, 4) is 11.3 Å². The molecule has 1 fully saturated rings. The zero-order chi connectivity index (χ0) is 16.9. The lowest BCUT2D eigenvalue weighted by molar-refractivity contribution is 0.258. The molecule has 0 aliphatic heterocycles. The Balaban J connectivity index is 1.88. The van der Waals surface area contributed by atoms with Gasteiger partial charge in [0.2, 0.25) is 0 Å². The third-order valence-electron chi connectivity index (χ3n) is 4.69. The van der Waals surface area contributed by atoms with Crippen LogP contribution in [-0.4, -0.2) is 31.9 Å². The van der Waals surface area contributed by atoms with E-state index in [9.17, 15) is 5.11 Å². The summed E-state index contributed by atoms with van der Waals surface area (Å²) in [6.07, 6.45) is 2.64. The first-order valence-electron chi connectivity index (χ1n) is 7.72. The monoisotopic (exact) mass is 406 g/mol. The van der Waals surface area contributed by atoms with Crippen LogP contribution in [0.2, 0.25) is 5.02 Å². The van der Waals surface area contributed by atoms with Crippen molar-refractivity contribution < 1.29 is 5.11 Å². The summed E-state index contributed by atoms with van der Waals surface area (Å²) in [7, 11) is 0. The van der Waals surface area contributed by atoms with Gasteiger partial charge in [0.15, 0.2) is 5.65 Å². The highest BCUT2D eigenvalue weighted by Gasteiger charge is 2.51. The Morgan fingerprint density at radius 3 is 2.88 bits per heavy atom. The van der Waals surface area contributed by atoms with Crippen molar-refractivity contribution in [2.75, 3.05) is 11.9 Å². The predicted molar refractivity (Wildman–Crippen MR) is 98.4 cm³/mol. The van der Waals surface area contributed by atoms with Crippen LogP contribution in [0.1, 0.15) is 13.3 Å². The largest absolute Gasteiger partial charge is 0.394 e. The first kappa shape index (κ1) is 15.9. The quantitative estimate of drug-likeness (QED) is 0.686. The molecular weight excluding hydrogens is 392 g/mol. The summed E-state index contributed by atoms with van der Waals surface area (Å²) in [5.74, 6) is 1.20. The molecule has 0 unspecified atom stereocenters. The van der Waals surface area contributed by atoms with E-state index in [0.717, 1.165) is 28.0 Å². The second-order valence-corrected chi connectivity index (χ2v) is 7.54. The third kappa shape index (κ3) is 2.49. The Bertz CT molecular complexity index is 924. The summed E-state index contributed by atoms with van der Waals surface area (Å²) in [5, 5.41) is 18.2. The molecule has 4 rings (SSSR count). The Morgan fingerprint density at radius 2 is 2.21 bits per heavy atom. The van der Waals surface area contributed by atoms with Gasteiger partial charge in [-0.15, -0.1) is 0 Å². The Hall–Kier alpha value is -1.63. The lowest BCUT2D eigenvalue weighted by atomic mass is 10.1. The van der Waals surface area contributed by atoms with Crippen LogP contribution in [0.4, 0.5) is 5.82 Å². The molecule has 2 heterocycles. The molecule has 3 aromatic rings. The molecule has 2 aromatic heterocycles. The van der Waals surface area contributed by atoms with Gasteiger partial charge in [0.25, 0.3) is 0 Å². The van der Waals surface area contributed by atoms with Gasteiger partial charge in [-0.1, -0.05) is 36.7 Å². The number of benzene rings is 1. The SMILES string of the molecule is C[C@@H]1C[C@@]1(CO)Nc1cc(-c2ccccc2Cl)nc2c(Br)cnn12. The first-order valence-corrected chi connectivity index (χ1v) is 8.89. The standard InChI is InChI=1S/C17H16BrClN4O/c1-10-7-17(10,9-24)22-15-6-14(11-4-2-3-5-13(11)19)21-16-12(18)8-20-23(15)16/h2-6,8,10,22,24H,7,9H2,1H3/t10-,17+/m1/s1. The normalized spacial score (nSPS) is 22.8. The van der Waals surface area contributed by atoms with Gasteiger partial charge >= 0.3 is 0 Å². The third-order valence-corrected chi connectivity index (χ3v) is 5.58. The van der Waals surface area contributed by atoms with E-state index in [1.807, 2.05) is 30.3 Å². The average molecular weight is 408 g/mol. The van der Waals surface area contributed by atoms with E-state index < -0.39 is 0 Å². The van der Waals surface area contributed by atoms with E-state index in [1.165, 1.54) is 0 Å². The van der Waals surface area contributed by atoms with Gasteiger partial charge in [0, 0.05) is 16.7 Å². The highest BCUT2D eigenvalue weighted by molar-refractivity contribution is 9.10. The van der Waals surface area contributed by atoms with Crippen molar-refractivity contribution in [1.82, 2.24) is 14.6 Å². The molecule has 0 spiro atoms. The minimum Gasteiger partial charge on any atom is -0.394 e. The number of aliphatic hydroxyl groups excluding tert-OH is 1. The van der Waals surface area contributed by atoms with Crippen LogP contribution in [0.5, 0.6) is 0 Å². The van der Waals surface area contributed by atoms with Gasteiger partial charge in [0.1, 0.15) is 5.82 Å². The fourth-order valence-electron chi connectivity index (χ4n) is 3.01. The predicted octanol–water partition coefficient (Wildman–Crippen LogP) is 4.00. The van der Waals surface area contributed by atoms with E-state index in [2.05, 4.69) is 38.3 Å². The smallest absolute Gasteiger partial charge is 0.172 e. The van der Waals surface area contributed by atoms with Crippen molar-refractivity contribution in [3.63, 3.8) is 0 Å².